The molecule has 0 saturated carbocycles. The number of hydrogen-bond donors (Lipinski definition) is 1. The molecule has 0 fully saturated rings. The molecule has 21 heavy (non-hydrogen) atoms. The van der Waals surface area contributed by atoms with Gasteiger partial charge in [-0.05, 0) is 31.7 Å². The molecular formula is C14H23FN2O3S. The first-order valence-electron chi connectivity index (χ1n) is 6.98. The van der Waals surface area contributed by atoms with E-state index in [9.17, 15) is 12.8 Å². The Morgan fingerprint density at radius 3 is 2.62 bits per heavy atom. The Morgan fingerprint density at radius 1 is 1.33 bits per heavy atom. The first kappa shape index (κ1) is 18.0. The Labute approximate surface area is 126 Å². The zero-order chi connectivity index (χ0) is 15.9. The second kappa shape index (κ2) is 8.43. The topological polar surface area (TPSA) is 58.6 Å². The summed E-state index contributed by atoms with van der Waals surface area (Å²) >= 11 is 0. The molecule has 0 aromatic heterocycles. The van der Waals surface area contributed by atoms with Crippen molar-refractivity contribution < 1.29 is 17.5 Å². The fraction of sp³-hybridized carbons (Fsp3) is 0.571. The Morgan fingerprint density at radius 2 is 2.05 bits per heavy atom. The van der Waals surface area contributed by atoms with Gasteiger partial charge >= 0.3 is 0 Å². The van der Waals surface area contributed by atoms with Gasteiger partial charge in [-0.2, -0.15) is 4.31 Å². The van der Waals surface area contributed by atoms with E-state index < -0.39 is 15.8 Å². The molecule has 1 aromatic rings. The summed E-state index contributed by atoms with van der Waals surface area (Å²) in [5.41, 5.74) is 0.550. The van der Waals surface area contributed by atoms with Crippen molar-refractivity contribution in [3.8, 4) is 0 Å². The van der Waals surface area contributed by atoms with Crippen molar-refractivity contribution in [2.75, 3.05) is 33.4 Å². The van der Waals surface area contributed by atoms with Crippen LogP contribution in [0.25, 0.3) is 0 Å². The maximum atomic E-state index is 13.5. The van der Waals surface area contributed by atoms with Crippen LogP contribution in [0.5, 0.6) is 0 Å². The van der Waals surface area contributed by atoms with Gasteiger partial charge in [0.05, 0.1) is 11.5 Å². The summed E-state index contributed by atoms with van der Waals surface area (Å²) in [6, 6.07) is 3.84. The Hall–Kier alpha value is -1.02. The normalized spacial score (nSPS) is 12.0. The lowest BCUT2D eigenvalue weighted by Crippen LogP contribution is -2.34. The van der Waals surface area contributed by atoms with Gasteiger partial charge in [-0.15, -0.1) is 0 Å². The first-order valence-corrected chi connectivity index (χ1v) is 8.42. The van der Waals surface area contributed by atoms with E-state index in [1.807, 2.05) is 6.92 Å². The van der Waals surface area contributed by atoms with Crippen molar-refractivity contribution in [3.05, 3.63) is 29.6 Å². The van der Waals surface area contributed by atoms with E-state index in [0.29, 0.717) is 31.9 Å². The number of sulfonamides is 1. The molecule has 0 spiro atoms. The van der Waals surface area contributed by atoms with Gasteiger partial charge in [0.15, 0.2) is 0 Å². The smallest absolute Gasteiger partial charge is 0.243 e. The molecule has 5 nitrogen and oxygen atoms in total. The van der Waals surface area contributed by atoms with Crippen LogP contribution in [-0.4, -0.2) is 46.1 Å². The van der Waals surface area contributed by atoms with Gasteiger partial charge in [0.25, 0.3) is 0 Å². The third-order valence-electron chi connectivity index (χ3n) is 3.06. The number of nitrogens with one attached hydrogen (secondary N) is 1. The Balaban J connectivity index is 3.12. The van der Waals surface area contributed by atoms with Crippen LogP contribution in [0, 0.1) is 5.82 Å². The van der Waals surface area contributed by atoms with Crippen molar-refractivity contribution in [1.82, 2.24) is 9.62 Å². The number of ether oxygens (including phenoxy) is 1. The summed E-state index contributed by atoms with van der Waals surface area (Å²) in [6.45, 7) is 5.37. The first-order chi connectivity index (χ1) is 9.97. The predicted octanol–water partition coefficient (Wildman–Crippen LogP) is 1.59. The molecule has 0 aliphatic carbocycles. The average Bonchev–Trinajstić information content (AvgIpc) is 2.45. The minimum absolute atomic E-state index is 0.00944. The maximum absolute atomic E-state index is 13.5. The largest absolute Gasteiger partial charge is 0.380 e. The quantitative estimate of drug-likeness (QED) is 0.703. The van der Waals surface area contributed by atoms with Crippen LogP contribution in [0.2, 0.25) is 0 Å². The number of hydrogen-bond acceptors (Lipinski definition) is 4. The van der Waals surface area contributed by atoms with Gasteiger partial charge in [-0.25, -0.2) is 12.8 Å². The van der Waals surface area contributed by atoms with Gasteiger partial charge in [-0.3, -0.25) is 0 Å². The fourth-order valence-corrected chi connectivity index (χ4v) is 3.67. The fourth-order valence-electron chi connectivity index (χ4n) is 2.00. The van der Waals surface area contributed by atoms with Gasteiger partial charge < -0.3 is 10.1 Å². The Kier molecular flexibility index (Phi) is 7.24. The lowest BCUT2D eigenvalue weighted by atomic mass is 10.2. The second-order valence-electron chi connectivity index (χ2n) is 4.48. The molecule has 0 atom stereocenters. The second-order valence-corrected chi connectivity index (χ2v) is 6.38. The predicted molar refractivity (Wildman–Crippen MR) is 80.1 cm³/mol. The van der Waals surface area contributed by atoms with Crippen molar-refractivity contribution in [1.29, 1.82) is 0 Å². The van der Waals surface area contributed by atoms with Gasteiger partial charge in [-0.1, -0.05) is 13.0 Å². The average molecular weight is 318 g/mol. The summed E-state index contributed by atoms with van der Waals surface area (Å²) in [5, 5.41) is 2.90. The van der Waals surface area contributed by atoms with Gasteiger partial charge in [0.2, 0.25) is 10.0 Å². The lowest BCUT2D eigenvalue weighted by Gasteiger charge is -2.22. The molecule has 1 rings (SSSR count). The summed E-state index contributed by atoms with van der Waals surface area (Å²) in [7, 11) is -2.02. The zero-order valence-electron chi connectivity index (χ0n) is 12.7. The van der Waals surface area contributed by atoms with Crippen LogP contribution in [-0.2, 0) is 21.3 Å². The van der Waals surface area contributed by atoms with Gasteiger partial charge in [0, 0.05) is 26.2 Å². The molecule has 0 heterocycles. The highest BCUT2D eigenvalue weighted by molar-refractivity contribution is 7.89. The SMILES string of the molecule is CCOCCN(CC)S(=O)(=O)c1cc(F)ccc1CNC. The van der Waals surface area contributed by atoms with E-state index in [1.54, 1.807) is 14.0 Å². The van der Waals surface area contributed by atoms with Crippen LogP contribution in [0.15, 0.2) is 23.1 Å². The van der Waals surface area contributed by atoms with Crippen LogP contribution >= 0.6 is 0 Å². The standard InChI is InChI=1S/C14H23FN2O3S/c1-4-17(8-9-20-5-2)21(18,19)14-10-13(15)7-6-12(14)11-16-3/h6-7,10,16H,4-5,8-9,11H2,1-3H3. The molecule has 0 amide bonds. The molecule has 0 unspecified atom stereocenters. The molecular weight excluding hydrogens is 295 g/mol. The van der Waals surface area contributed by atoms with Crippen LogP contribution in [0.4, 0.5) is 4.39 Å². The monoisotopic (exact) mass is 318 g/mol. The molecule has 1 N–H and O–H groups in total. The number of halogens is 1. The zero-order valence-corrected chi connectivity index (χ0v) is 13.5. The molecule has 0 aliphatic rings. The molecule has 120 valence electrons. The third kappa shape index (κ3) is 4.74. The van der Waals surface area contributed by atoms with E-state index in [1.165, 1.54) is 16.4 Å². The minimum Gasteiger partial charge on any atom is -0.380 e. The van der Waals surface area contributed by atoms with Crippen LogP contribution in [0.3, 0.4) is 0 Å². The third-order valence-corrected chi connectivity index (χ3v) is 5.11. The van der Waals surface area contributed by atoms with E-state index in [4.69, 9.17) is 4.74 Å². The van der Waals surface area contributed by atoms with E-state index in [-0.39, 0.29) is 11.4 Å². The summed E-state index contributed by atoms with van der Waals surface area (Å²) in [5.74, 6) is -0.561. The molecule has 0 aliphatic heterocycles. The van der Waals surface area contributed by atoms with Crippen LogP contribution in [0.1, 0.15) is 19.4 Å². The summed E-state index contributed by atoms with van der Waals surface area (Å²) < 4.78 is 45.3. The Bertz CT molecular complexity index is 549. The molecule has 0 saturated heterocycles. The lowest BCUT2D eigenvalue weighted by molar-refractivity contribution is 0.135. The highest BCUT2D eigenvalue weighted by Crippen LogP contribution is 2.21. The maximum Gasteiger partial charge on any atom is 0.243 e. The van der Waals surface area contributed by atoms with Gasteiger partial charge in [0.1, 0.15) is 5.82 Å². The van der Waals surface area contributed by atoms with Crippen molar-refractivity contribution in [2.24, 2.45) is 0 Å². The van der Waals surface area contributed by atoms with Crippen molar-refractivity contribution in [3.63, 3.8) is 0 Å². The summed E-state index contributed by atoms with van der Waals surface area (Å²) in [4.78, 5) is 0.00944. The number of likely N-dealkylation sites (N-methyl/N-ethyl adjacent to an activating group) is 1. The van der Waals surface area contributed by atoms with E-state index >= 15 is 0 Å². The van der Waals surface area contributed by atoms with E-state index in [2.05, 4.69) is 5.32 Å². The number of benzene rings is 1. The van der Waals surface area contributed by atoms with E-state index in [0.717, 1.165) is 6.07 Å². The number of nitrogens with zero attached hydrogens (tertiary/aromatic N) is 1. The van der Waals surface area contributed by atoms with Crippen molar-refractivity contribution in [2.45, 2.75) is 25.3 Å². The molecule has 0 radical (unpaired) electrons. The molecule has 7 heteroatoms. The van der Waals surface area contributed by atoms with Crippen molar-refractivity contribution >= 4 is 10.0 Å². The summed E-state index contributed by atoms with van der Waals surface area (Å²) in [6.07, 6.45) is 0. The van der Waals surface area contributed by atoms with Crippen LogP contribution < -0.4 is 5.32 Å². The highest BCUT2D eigenvalue weighted by atomic mass is 32.2. The highest BCUT2D eigenvalue weighted by Gasteiger charge is 2.26. The molecule has 0 bridgehead atoms. The number of rotatable bonds is 9. The minimum atomic E-state index is -3.73. The molecule has 1 aromatic carbocycles.